The Labute approximate surface area is 123 Å². The van der Waals surface area contributed by atoms with Gasteiger partial charge in [0.25, 0.3) is 0 Å². The summed E-state index contributed by atoms with van der Waals surface area (Å²) in [6.45, 7) is 0.623. The van der Waals surface area contributed by atoms with E-state index in [1.165, 1.54) is 13.0 Å². The van der Waals surface area contributed by atoms with Crippen LogP contribution >= 0.6 is 0 Å². The molecule has 22 heavy (non-hydrogen) atoms. The van der Waals surface area contributed by atoms with Crippen LogP contribution in [0.5, 0.6) is 0 Å². The summed E-state index contributed by atoms with van der Waals surface area (Å²) < 4.78 is 57.5. The van der Waals surface area contributed by atoms with Crippen molar-refractivity contribution in [3.63, 3.8) is 0 Å². The van der Waals surface area contributed by atoms with Gasteiger partial charge in [-0.25, -0.2) is 9.18 Å². The molecule has 0 bridgehead atoms. The Morgan fingerprint density at radius 3 is 2.73 bits per heavy atom. The monoisotopic (exact) mass is 324 g/mol. The van der Waals surface area contributed by atoms with Crippen LogP contribution in [0.3, 0.4) is 0 Å². The van der Waals surface area contributed by atoms with Crippen molar-refractivity contribution in [3.8, 4) is 0 Å². The maximum Gasteiger partial charge on any atom is 0.416 e. The fraction of sp³-hybridized carbons (Fsp3) is 0.615. The molecule has 1 aromatic rings. The lowest BCUT2D eigenvalue weighted by atomic mass is 10.2. The SMILES string of the molecule is Cc1ccc(C(NC(=O)N2CC(F)CC2CO)C(F)(F)F)o1. The largest absolute Gasteiger partial charge is 0.464 e. The molecular weight excluding hydrogens is 308 g/mol. The Kier molecular flexibility index (Phi) is 4.64. The number of amides is 2. The molecule has 2 N–H and O–H groups in total. The Hall–Kier alpha value is -1.77. The molecule has 1 aliphatic rings. The number of aryl methyl sites for hydroxylation is 1. The number of hydrogen-bond acceptors (Lipinski definition) is 3. The van der Waals surface area contributed by atoms with Crippen LogP contribution in [-0.4, -0.2) is 47.6 Å². The predicted octanol–water partition coefficient (Wildman–Crippen LogP) is 2.31. The fourth-order valence-corrected chi connectivity index (χ4v) is 2.41. The molecule has 0 aromatic carbocycles. The van der Waals surface area contributed by atoms with Crippen LogP contribution in [0.25, 0.3) is 0 Å². The number of carbonyl (C=O) groups excluding carboxylic acids is 1. The third-order valence-electron chi connectivity index (χ3n) is 3.48. The second-order valence-corrected chi connectivity index (χ2v) is 5.19. The van der Waals surface area contributed by atoms with Crippen molar-refractivity contribution in [2.24, 2.45) is 0 Å². The third kappa shape index (κ3) is 3.52. The second kappa shape index (κ2) is 6.15. The molecule has 0 spiro atoms. The van der Waals surface area contributed by atoms with Crippen molar-refractivity contribution < 1.29 is 31.9 Å². The maximum atomic E-state index is 13.3. The first kappa shape index (κ1) is 16.6. The minimum atomic E-state index is -4.76. The molecule has 0 saturated carbocycles. The van der Waals surface area contributed by atoms with Gasteiger partial charge in [-0.2, -0.15) is 13.2 Å². The highest BCUT2D eigenvalue weighted by Crippen LogP contribution is 2.34. The molecule has 5 nitrogen and oxygen atoms in total. The summed E-state index contributed by atoms with van der Waals surface area (Å²) >= 11 is 0. The third-order valence-corrected chi connectivity index (χ3v) is 3.48. The molecule has 3 atom stereocenters. The molecule has 9 heteroatoms. The lowest BCUT2D eigenvalue weighted by Crippen LogP contribution is -2.48. The van der Waals surface area contributed by atoms with Crippen molar-refractivity contribution >= 4 is 6.03 Å². The molecular formula is C13H16F4N2O3. The smallest absolute Gasteiger partial charge is 0.416 e. The molecule has 1 aliphatic heterocycles. The molecule has 3 unspecified atom stereocenters. The number of nitrogens with one attached hydrogen (secondary N) is 1. The number of nitrogens with zero attached hydrogens (tertiary/aromatic N) is 1. The number of furan rings is 1. The zero-order valence-corrected chi connectivity index (χ0v) is 11.7. The van der Waals surface area contributed by atoms with Crippen molar-refractivity contribution in [2.75, 3.05) is 13.2 Å². The van der Waals surface area contributed by atoms with Gasteiger partial charge in [-0.15, -0.1) is 0 Å². The maximum absolute atomic E-state index is 13.3. The van der Waals surface area contributed by atoms with Gasteiger partial charge >= 0.3 is 12.2 Å². The molecule has 2 heterocycles. The zero-order valence-electron chi connectivity index (χ0n) is 11.7. The average molecular weight is 324 g/mol. The normalized spacial score (nSPS) is 23.6. The van der Waals surface area contributed by atoms with Gasteiger partial charge in [0.2, 0.25) is 0 Å². The highest BCUT2D eigenvalue weighted by molar-refractivity contribution is 5.75. The van der Waals surface area contributed by atoms with E-state index in [1.54, 1.807) is 5.32 Å². The molecule has 1 fully saturated rings. The first-order valence-corrected chi connectivity index (χ1v) is 6.67. The summed E-state index contributed by atoms with van der Waals surface area (Å²) in [5.74, 6) is -0.174. The van der Waals surface area contributed by atoms with Gasteiger partial charge in [-0.05, 0) is 19.1 Å². The standard InChI is InChI=1S/C13H16F4N2O3/c1-7-2-3-10(22-7)11(13(15,16)17)18-12(21)19-5-8(14)4-9(19)6-20/h2-3,8-9,11,20H,4-6H2,1H3,(H,18,21). The molecule has 2 amide bonds. The van der Waals surface area contributed by atoms with Crippen LogP contribution in [0.4, 0.5) is 22.4 Å². The fourth-order valence-electron chi connectivity index (χ4n) is 2.41. The van der Waals surface area contributed by atoms with Crippen molar-refractivity contribution in [1.82, 2.24) is 10.2 Å². The number of rotatable bonds is 3. The Balaban J connectivity index is 2.15. The molecule has 1 saturated heterocycles. The van der Waals surface area contributed by atoms with Crippen LogP contribution in [0, 0.1) is 6.92 Å². The first-order chi connectivity index (χ1) is 10.2. The zero-order chi connectivity index (χ0) is 16.5. The van der Waals surface area contributed by atoms with E-state index in [0.29, 0.717) is 0 Å². The Bertz CT molecular complexity index is 532. The summed E-state index contributed by atoms with van der Waals surface area (Å²) in [4.78, 5) is 12.9. The quantitative estimate of drug-likeness (QED) is 0.839. The first-order valence-electron chi connectivity index (χ1n) is 6.67. The summed E-state index contributed by atoms with van der Waals surface area (Å²) in [7, 11) is 0. The summed E-state index contributed by atoms with van der Waals surface area (Å²) in [5.41, 5.74) is 0. The van der Waals surface area contributed by atoms with Crippen LogP contribution < -0.4 is 5.32 Å². The van der Waals surface area contributed by atoms with Gasteiger partial charge < -0.3 is 19.7 Å². The highest BCUT2D eigenvalue weighted by atomic mass is 19.4. The van der Waals surface area contributed by atoms with E-state index in [-0.39, 0.29) is 18.7 Å². The molecule has 2 rings (SSSR count). The lowest BCUT2D eigenvalue weighted by molar-refractivity contribution is -0.159. The van der Waals surface area contributed by atoms with E-state index >= 15 is 0 Å². The van der Waals surface area contributed by atoms with Crippen molar-refractivity contribution in [2.45, 2.75) is 37.8 Å². The average Bonchev–Trinajstić information content (AvgIpc) is 3.00. The molecule has 0 radical (unpaired) electrons. The molecule has 124 valence electrons. The van der Waals surface area contributed by atoms with Gasteiger partial charge in [-0.1, -0.05) is 0 Å². The minimum Gasteiger partial charge on any atom is -0.464 e. The van der Waals surface area contributed by atoms with E-state index < -0.39 is 42.8 Å². The van der Waals surface area contributed by atoms with Gasteiger partial charge in [0.1, 0.15) is 17.7 Å². The van der Waals surface area contributed by atoms with Gasteiger partial charge in [0, 0.05) is 6.42 Å². The topological polar surface area (TPSA) is 65.7 Å². The Morgan fingerprint density at radius 2 is 2.23 bits per heavy atom. The highest BCUT2D eigenvalue weighted by Gasteiger charge is 2.46. The van der Waals surface area contributed by atoms with E-state index in [4.69, 9.17) is 9.52 Å². The van der Waals surface area contributed by atoms with E-state index in [9.17, 15) is 22.4 Å². The predicted molar refractivity (Wildman–Crippen MR) is 67.9 cm³/mol. The van der Waals surface area contributed by atoms with Gasteiger partial charge in [0.15, 0.2) is 6.04 Å². The number of alkyl halides is 4. The number of carbonyl (C=O) groups is 1. The second-order valence-electron chi connectivity index (χ2n) is 5.19. The van der Waals surface area contributed by atoms with Crippen LogP contribution in [0.1, 0.15) is 24.0 Å². The van der Waals surface area contributed by atoms with Gasteiger partial charge in [0.05, 0.1) is 19.2 Å². The number of aliphatic hydroxyl groups excluding tert-OH is 1. The van der Waals surface area contributed by atoms with Gasteiger partial charge in [-0.3, -0.25) is 0 Å². The van der Waals surface area contributed by atoms with E-state index in [0.717, 1.165) is 11.0 Å². The number of urea groups is 1. The van der Waals surface area contributed by atoms with Crippen molar-refractivity contribution in [1.29, 1.82) is 0 Å². The summed E-state index contributed by atoms with van der Waals surface area (Å²) in [6.07, 6.45) is -6.22. The number of halogens is 4. The van der Waals surface area contributed by atoms with Crippen LogP contribution in [0.15, 0.2) is 16.5 Å². The number of hydrogen-bond donors (Lipinski definition) is 2. The number of likely N-dealkylation sites (tertiary alicyclic amines) is 1. The van der Waals surface area contributed by atoms with E-state index in [2.05, 4.69) is 0 Å². The van der Waals surface area contributed by atoms with Crippen LogP contribution in [0.2, 0.25) is 0 Å². The molecule has 0 aliphatic carbocycles. The minimum absolute atomic E-state index is 0.0968. The Morgan fingerprint density at radius 1 is 1.55 bits per heavy atom. The van der Waals surface area contributed by atoms with E-state index in [1.807, 2.05) is 0 Å². The van der Waals surface area contributed by atoms with Crippen molar-refractivity contribution in [3.05, 3.63) is 23.7 Å². The van der Waals surface area contributed by atoms with Crippen LogP contribution in [-0.2, 0) is 0 Å². The molecule has 1 aromatic heterocycles. The summed E-state index contributed by atoms with van der Waals surface area (Å²) in [6, 6.07) is -1.77. The number of aliphatic hydroxyl groups is 1. The lowest BCUT2D eigenvalue weighted by Gasteiger charge is -2.27. The summed E-state index contributed by atoms with van der Waals surface area (Å²) in [5, 5.41) is 10.9.